The zero-order valence-corrected chi connectivity index (χ0v) is 14.6. The van der Waals surface area contributed by atoms with E-state index in [4.69, 9.17) is 0 Å². The highest BCUT2D eigenvalue weighted by Gasteiger charge is 2.14. The fraction of sp³-hybridized carbons (Fsp3) is 0.667. The summed E-state index contributed by atoms with van der Waals surface area (Å²) in [6.07, 6.45) is 10.7. The van der Waals surface area contributed by atoms with Crippen LogP contribution in [0.4, 0.5) is 5.69 Å². The van der Waals surface area contributed by atoms with Crippen LogP contribution in [0.25, 0.3) is 0 Å². The third kappa shape index (κ3) is 6.68. The number of rotatable bonds is 9. The van der Waals surface area contributed by atoms with Crippen molar-refractivity contribution in [2.24, 2.45) is 5.92 Å². The van der Waals surface area contributed by atoms with Gasteiger partial charge < -0.3 is 9.88 Å². The Bertz CT molecular complexity index is 635. The highest BCUT2D eigenvalue weighted by molar-refractivity contribution is 5.75. The zero-order valence-electron chi connectivity index (χ0n) is 14.6. The van der Waals surface area contributed by atoms with E-state index in [9.17, 15) is 19.7 Å². The van der Waals surface area contributed by atoms with Gasteiger partial charge in [-0.2, -0.15) is 0 Å². The summed E-state index contributed by atoms with van der Waals surface area (Å²) < 4.78 is 1.35. The maximum absolute atomic E-state index is 11.9. The van der Waals surface area contributed by atoms with Crippen molar-refractivity contribution in [3.63, 3.8) is 0 Å². The van der Waals surface area contributed by atoms with Crippen molar-refractivity contribution in [2.75, 3.05) is 6.54 Å². The lowest BCUT2D eigenvalue weighted by Crippen LogP contribution is -2.25. The molecule has 0 radical (unpaired) electrons. The number of hydrogen-bond acceptors (Lipinski definition) is 4. The van der Waals surface area contributed by atoms with Crippen molar-refractivity contribution >= 4 is 11.6 Å². The topological polar surface area (TPSA) is 94.2 Å². The maximum Gasteiger partial charge on any atom is 0.285 e. The number of carbonyl (C=O) groups is 1. The summed E-state index contributed by atoms with van der Waals surface area (Å²) in [5, 5.41) is 13.7. The molecule has 0 spiro atoms. The third-order valence-electron chi connectivity index (χ3n) is 4.83. The normalized spacial score (nSPS) is 15.0. The Labute approximate surface area is 147 Å². The Morgan fingerprint density at radius 1 is 1.24 bits per heavy atom. The summed E-state index contributed by atoms with van der Waals surface area (Å²) in [7, 11) is 0. The highest BCUT2D eigenvalue weighted by atomic mass is 16.6. The van der Waals surface area contributed by atoms with Crippen molar-refractivity contribution in [3.8, 4) is 0 Å². The van der Waals surface area contributed by atoms with E-state index < -0.39 is 4.92 Å². The van der Waals surface area contributed by atoms with Gasteiger partial charge in [-0.3, -0.25) is 19.7 Å². The first kappa shape index (κ1) is 19.1. The van der Waals surface area contributed by atoms with Crippen LogP contribution in [0.5, 0.6) is 0 Å². The Morgan fingerprint density at radius 2 is 2.00 bits per heavy atom. The lowest BCUT2D eigenvalue weighted by molar-refractivity contribution is -0.385. The molecule has 2 rings (SSSR count). The minimum atomic E-state index is -0.511. The number of aryl methyl sites for hydroxylation is 1. The van der Waals surface area contributed by atoms with E-state index in [2.05, 4.69) is 5.32 Å². The van der Waals surface area contributed by atoms with Crippen LogP contribution in [-0.4, -0.2) is 21.9 Å². The average molecular weight is 349 g/mol. The molecule has 138 valence electrons. The Morgan fingerprint density at radius 3 is 2.72 bits per heavy atom. The molecule has 0 atom stereocenters. The van der Waals surface area contributed by atoms with Gasteiger partial charge in [-0.1, -0.05) is 32.1 Å². The van der Waals surface area contributed by atoms with Gasteiger partial charge in [0.25, 0.3) is 11.2 Å². The van der Waals surface area contributed by atoms with E-state index in [0.29, 0.717) is 31.8 Å². The average Bonchev–Trinajstić information content (AvgIpc) is 2.61. The van der Waals surface area contributed by atoms with Gasteiger partial charge in [0.15, 0.2) is 0 Å². The van der Waals surface area contributed by atoms with Crippen LogP contribution < -0.4 is 10.9 Å². The van der Waals surface area contributed by atoms with Crippen LogP contribution in [0.1, 0.15) is 57.8 Å². The Balaban J connectivity index is 1.61. The molecule has 1 aliphatic rings. The molecule has 7 nitrogen and oxygen atoms in total. The molecule has 7 heteroatoms. The SMILES string of the molecule is O=C(CCC1CCCCC1)NCCCCn1cc([N+](=O)[O-])ccc1=O. The quantitative estimate of drug-likeness (QED) is 0.421. The fourth-order valence-electron chi connectivity index (χ4n) is 3.34. The zero-order chi connectivity index (χ0) is 18.1. The van der Waals surface area contributed by atoms with Gasteiger partial charge in [0, 0.05) is 31.6 Å². The second-order valence-electron chi connectivity index (χ2n) is 6.78. The summed E-state index contributed by atoms with van der Waals surface area (Å²) in [5.74, 6) is 0.804. The Kier molecular flexibility index (Phi) is 7.63. The number of nitrogens with zero attached hydrogens (tertiary/aromatic N) is 2. The number of pyridine rings is 1. The minimum Gasteiger partial charge on any atom is -0.356 e. The molecular weight excluding hydrogens is 322 g/mol. The van der Waals surface area contributed by atoms with Crippen molar-refractivity contribution < 1.29 is 9.72 Å². The van der Waals surface area contributed by atoms with Crippen molar-refractivity contribution in [3.05, 3.63) is 38.8 Å². The highest BCUT2D eigenvalue weighted by Crippen LogP contribution is 2.27. The Hall–Kier alpha value is -2.18. The second-order valence-corrected chi connectivity index (χ2v) is 6.78. The van der Waals surface area contributed by atoms with Gasteiger partial charge in [-0.25, -0.2) is 0 Å². The van der Waals surface area contributed by atoms with Gasteiger partial charge in [0.1, 0.15) is 0 Å². The number of aromatic nitrogens is 1. The summed E-state index contributed by atoms with van der Waals surface area (Å²) >= 11 is 0. The molecular formula is C18H27N3O4. The second kappa shape index (κ2) is 9.96. The molecule has 0 aliphatic heterocycles. The molecule has 25 heavy (non-hydrogen) atoms. The molecule has 0 bridgehead atoms. The molecule has 1 amide bonds. The van der Waals surface area contributed by atoms with E-state index >= 15 is 0 Å². The van der Waals surface area contributed by atoms with Gasteiger partial charge >= 0.3 is 0 Å². The molecule has 1 aliphatic carbocycles. The predicted octanol–water partition coefficient (Wildman–Crippen LogP) is 3.01. The van der Waals surface area contributed by atoms with Crippen LogP contribution in [0, 0.1) is 16.0 Å². The van der Waals surface area contributed by atoms with Gasteiger partial charge in [0.2, 0.25) is 5.91 Å². The van der Waals surface area contributed by atoms with E-state index in [0.717, 1.165) is 12.8 Å². The first-order chi connectivity index (χ1) is 12.1. The maximum atomic E-state index is 11.9. The van der Waals surface area contributed by atoms with Gasteiger partial charge in [-0.05, 0) is 25.2 Å². The minimum absolute atomic E-state index is 0.0874. The fourth-order valence-corrected chi connectivity index (χ4v) is 3.34. The van der Waals surface area contributed by atoms with Crippen LogP contribution in [0.15, 0.2) is 23.1 Å². The number of unbranched alkanes of at least 4 members (excludes halogenated alkanes) is 1. The first-order valence-corrected chi connectivity index (χ1v) is 9.18. The number of carbonyl (C=O) groups excluding carboxylic acids is 1. The van der Waals surface area contributed by atoms with Crippen LogP contribution >= 0.6 is 0 Å². The summed E-state index contributed by atoms with van der Waals surface area (Å²) in [5.41, 5.74) is -0.335. The van der Waals surface area contributed by atoms with Crippen LogP contribution in [-0.2, 0) is 11.3 Å². The van der Waals surface area contributed by atoms with E-state index in [1.54, 1.807) is 0 Å². The van der Waals surface area contributed by atoms with Gasteiger partial charge in [-0.15, -0.1) is 0 Å². The van der Waals surface area contributed by atoms with Gasteiger partial charge in [0.05, 0.1) is 11.1 Å². The van der Waals surface area contributed by atoms with Crippen molar-refractivity contribution in [1.82, 2.24) is 9.88 Å². The number of nitrogens with one attached hydrogen (secondary N) is 1. The predicted molar refractivity (Wildman–Crippen MR) is 95.4 cm³/mol. The molecule has 0 saturated heterocycles. The van der Waals surface area contributed by atoms with E-state index in [1.807, 2.05) is 0 Å². The molecule has 1 aromatic heterocycles. The molecule has 1 aromatic rings. The van der Waals surface area contributed by atoms with Crippen molar-refractivity contribution in [2.45, 2.75) is 64.3 Å². The largest absolute Gasteiger partial charge is 0.356 e. The summed E-state index contributed by atoms with van der Waals surface area (Å²) in [6.45, 7) is 0.992. The number of nitro groups is 1. The van der Waals surface area contributed by atoms with E-state index in [1.165, 1.54) is 55.0 Å². The lowest BCUT2D eigenvalue weighted by atomic mass is 9.86. The van der Waals surface area contributed by atoms with Crippen LogP contribution in [0.2, 0.25) is 0 Å². The smallest absolute Gasteiger partial charge is 0.285 e. The first-order valence-electron chi connectivity index (χ1n) is 9.18. The van der Waals surface area contributed by atoms with Crippen molar-refractivity contribution in [1.29, 1.82) is 0 Å². The monoisotopic (exact) mass is 349 g/mol. The molecule has 1 saturated carbocycles. The molecule has 1 fully saturated rings. The summed E-state index contributed by atoms with van der Waals surface area (Å²) in [6, 6.07) is 2.43. The number of hydrogen-bond donors (Lipinski definition) is 1. The lowest BCUT2D eigenvalue weighted by Gasteiger charge is -2.20. The van der Waals surface area contributed by atoms with Crippen LogP contribution in [0.3, 0.4) is 0 Å². The molecule has 0 aromatic carbocycles. The number of amides is 1. The standard InChI is InChI=1S/C18H27N3O4/c22-17(10-8-15-6-2-1-3-7-15)19-12-4-5-13-20-14-16(21(24)25)9-11-18(20)23/h9,11,14-15H,1-8,10,12-13H2,(H,19,22). The van der Waals surface area contributed by atoms with E-state index in [-0.39, 0.29) is 17.2 Å². The molecule has 1 heterocycles. The summed E-state index contributed by atoms with van der Waals surface area (Å²) in [4.78, 5) is 33.7. The molecule has 0 unspecified atom stereocenters. The molecule has 1 N–H and O–H groups in total. The third-order valence-corrected chi connectivity index (χ3v) is 4.83.